The van der Waals surface area contributed by atoms with E-state index in [0.717, 1.165) is 37.7 Å². The summed E-state index contributed by atoms with van der Waals surface area (Å²) in [5.41, 5.74) is 4.76. The number of thiophene rings is 1. The van der Waals surface area contributed by atoms with Crippen LogP contribution in [0.15, 0.2) is 54.8 Å². The number of hydrogen-bond acceptors (Lipinski definition) is 8. The summed E-state index contributed by atoms with van der Waals surface area (Å²) in [5.74, 6) is 0.777. The number of hydrogen-bond donors (Lipinski definition) is 1. The minimum atomic E-state index is 0.777. The Morgan fingerprint density at radius 1 is 0.920 bits per heavy atom. The van der Waals surface area contributed by atoms with Crippen molar-refractivity contribution in [2.45, 2.75) is 0 Å². The molecule has 4 aromatic heterocycles. The van der Waals surface area contributed by atoms with Crippen LogP contribution >= 0.6 is 22.7 Å². The zero-order valence-electron chi connectivity index (χ0n) is 12.7. The molecule has 0 aliphatic rings. The highest BCUT2D eigenvalue weighted by molar-refractivity contribution is 7.21. The molecule has 8 heteroatoms. The highest BCUT2D eigenvalue weighted by Crippen LogP contribution is 2.35. The van der Waals surface area contributed by atoms with Crippen LogP contribution in [0, 0.1) is 0 Å². The fraction of sp³-hybridized carbons (Fsp3) is 0. The van der Waals surface area contributed by atoms with E-state index >= 15 is 0 Å². The summed E-state index contributed by atoms with van der Waals surface area (Å²) in [6, 6.07) is 8.20. The maximum absolute atomic E-state index is 4.41. The lowest BCUT2D eigenvalue weighted by Gasteiger charge is -2.06. The van der Waals surface area contributed by atoms with Crippen molar-refractivity contribution in [1.82, 2.24) is 24.9 Å². The second kappa shape index (κ2) is 5.83. The van der Waals surface area contributed by atoms with E-state index < -0.39 is 0 Å². The van der Waals surface area contributed by atoms with E-state index in [1.807, 2.05) is 17.6 Å². The lowest BCUT2D eigenvalue weighted by molar-refractivity contribution is 1.17. The summed E-state index contributed by atoms with van der Waals surface area (Å²) in [7, 11) is 0. The highest BCUT2D eigenvalue weighted by atomic mass is 32.1. The van der Waals surface area contributed by atoms with Crippen LogP contribution in [0.2, 0.25) is 0 Å². The molecule has 120 valence electrons. The van der Waals surface area contributed by atoms with E-state index in [4.69, 9.17) is 0 Å². The summed E-state index contributed by atoms with van der Waals surface area (Å²) in [6.45, 7) is 0. The minimum absolute atomic E-state index is 0.777. The Labute approximate surface area is 150 Å². The standard InChI is InChI=1S/C17H10N6S2/c1-2-14-13(22-9-24-14)3-11(1)23-16-12-4-15(10-5-18-7-19-6-10)25-17(12)21-8-20-16/h1-9H,(H,20,21,23). The molecule has 0 radical (unpaired) electrons. The average molecular weight is 362 g/mol. The van der Waals surface area contributed by atoms with Gasteiger partial charge in [0, 0.05) is 28.5 Å². The van der Waals surface area contributed by atoms with Crippen LogP contribution in [0.5, 0.6) is 0 Å². The maximum atomic E-state index is 4.41. The maximum Gasteiger partial charge on any atom is 0.142 e. The summed E-state index contributed by atoms with van der Waals surface area (Å²) < 4.78 is 1.17. The number of fused-ring (bicyclic) bond motifs is 2. The molecule has 5 rings (SSSR count). The van der Waals surface area contributed by atoms with Crippen LogP contribution < -0.4 is 5.32 Å². The zero-order chi connectivity index (χ0) is 16.6. The third kappa shape index (κ3) is 2.61. The van der Waals surface area contributed by atoms with Gasteiger partial charge in [0.2, 0.25) is 0 Å². The van der Waals surface area contributed by atoms with E-state index in [0.29, 0.717) is 0 Å². The molecular formula is C17H10N6S2. The van der Waals surface area contributed by atoms with E-state index in [9.17, 15) is 0 Å². The van der Waals surface area contributed by atoms with Crippen molar-refractivity contribution >= 4 is 54.6 Å². The number of aromatic nitrogens is 5. The molecule has 0 atom stereocenters. The molecule has 0 fully saturated rings. The van der Waals surface area contributed by atoms with Gasteiger partial charge < -0.3 is 5.32 Å². The predicted molar refractivity (Wildman–Crippen MR) is 101 cm³/mol. The quantitative estimate of drug-likeness (QED) is 0.509. The van der Waals surface area contributed by atoms with Gasteiger partial charge in [-0.1, -0.05) is 0 Å². The van der Waals surface area contributed by atoms with Crippen LogP contribution in [-0.2, 0) is 0 Å². The Morgan fingerprint density at radius 2 is 1.84 bits per heavy atom. The molecule has 0 amide bonds. The molecule has 0 aliphatic heterocycles. The van der Waals surface area contributed by atoms with Crippen LogP contribution in [-0.4, -0.2) is 24.9 Å². The first-order valence-electron chi connectivity index (χ1n) is 7.47. The first kappa shape index (κ1) is 14.4. The number of rotatable bonds is 3. The molecule has 1 aromatic carbocycles. The summed E-state index contributed by atoms with van der Waals surface area (Å²) in [4.78, 5) is 23.3. The minimum Gasteiger partial charge on any atom is -0.340 e. The number of nitrogens with zero attached hydrogens (tertiary/aromatic N) is 5. The number of nitrogens with one attached hydrogen (secondary N) is 1. The average Bonchev–Trinajstić information content (AvgIpc) is 3.29. The van der Waals surface area contributed by atoms with Gasteiger partial charge in [-0.25, -0.2) is 24.9 Å². The zero-order valence-corrected chi connectivity index (χ0v) is 14.4. The van der Waals surface area contributed by atoms with E-state index in [2.05, 4.69) is 42.4 Å². The Bertz CT molecular complexity index is 1180. The first-order chi connectivity index (χ1) is 12.4. The van der Waals surface area contributed by atoms with Gasteiger partial charge in [-0.3, -0.25) is 0 Å². The van der Waals surface area contributed by atoms with Crippen LogP contribution in [0.25, 0.3) is 30.9 Å². The SMILES string of the molecule is c1ncc(-c2cc3c(Nc4ccc5scnc5c4)ncnc3s2)cn1. The normalized spacial score (nSPS) is 11.2. The molecule has 0 aliphatic carbocycles. The smallest absolute Gasteiger partial charge is 0.142 e. The molecule has 0 bridgehead atoms. The van der Waals surface area contributed by atoms with Gasteiger partial charge >= 0.3 is 0 Å². The molecule has 0 spiro atoms. The Hall–Kier alpha value is -2.97. The van der Waals surface area contributed by atoms with Gasteiger partial charge in [-0.05, 0) is 24.3 Å². The molecule has 5 aromatic rings. The third-order valence-electron chi connectivity index (χ3n) is 3.77. The van der Waals surface area contributed by atoms with Gasteiger partial charge in [0.15, 0.2) is 0 Å². The Morgan fingerprint density at radius 3 is 2.76 bits per heavy atom. The number of anilines is 2. The summed E-state index contributed by atoms with van der Waals surface area (Å²) in [6.07, 6.45) is 6.70. The van der Waals surface area contributed by atoms with Crippen molar-refractivity contribution in [2.24, 2.45) is 0 Å². The molecule has 0 unspecified atom stereocenters. The van der Waals surface area contributed by atoms with Crippen LogP contribution in [0.4, 0.5) is 11.5 Å². The van der Waals surface area contributed by atoms with E-state index in [1.54, 1.807) is 41.4 Å². The van der Waals surface area contributed by atoms with Gasteiger partial charge in [0.1, 0.15) is 23.3 Å². The second-order valence-electron chi connectivity index (χ2n) is 5.34. The molecular weight excluding hydrogens is 352 g/mol. The summed E-state index contributed by atoms with van der Waals surface area (Å²) >= 11 is 3.23. The second-order valence-corrected chi connectivity index (χ2v) is 7.26. The fourth-order valence-electron chi connectivity index (χ4n) is 2.60. The van der Waals surface area contributed by atoms with Crippen LogP contribution in [0.3, 0.4) is 0 Å². The molecule has 0 saturated carbocycles. The van der Waals surface area contributed by atoms with Crippen molar-refractivity contribution in [1.29, 1.82) is 0 Å². The summed E-state index contributed by atoms with van der Waals surface area (Å²) in [5, 5.41) is 4.36. The van der Waals surface area contributed by atoms with Crippen molar-refractivity contribution < 1.29 is 0 Å². The van der Waals surface area contributed by atoms with Gasteiger partial charge in [0.25, 0.3) is 0 Å². The largest absolute Gasteiger partial charge is 0.340 e. The van der Waals surface area contributed by atoms with Crippen LogP contribution in [0.1, 0.15) is 0 Å². The predicted octanol–water partition coefficient (Wildman–Crippen LogP) is 4.50. The van der Waals surface area contributed by atoms with Crippen molar-refractivity contribution in [3.8, 4) is 10.4 Å². The Kier molecular flexibility index (Phi) is 3.36. The van der Waals surface area contributed by atoms with E-state index in [1.165, 1.54) is 11.0 Å². The molecule has 4 heterocycles. The fourth-order valence-corrected chi connectivity index (χ4v) is 4.23. The number of benzene rings is 1. The lowest BCUT2D eigenvalue weighted by atomic mass is 10.2. The molecule has 25 heavy (non-hydrogen) atoms. The van der Waals surface area contributed by atoms with Gasteiger partial charge in [-0.2, -0.15) is 0 Å². The number of thiazole rings is 1. The topological polar surface area (TPSA) is 76.5 Å². The molecule has 1 N–H and O–H groups in total. The monoisotopic (exact) mass is 362 g/mol. The molecule has 6 nitrogen and oxygen atoms in total. The Balaban J connectivity index is 1.57. The highest BCUT2D eigenvalue weighted by Gasteiger charge is 2.11. The third-order valence-corrected chi connectivity index (χ3v) is 5.67. The van der Waals surface area contributed by atoms with E-state index in [-0.39, 0.29) is 0 Å². The van der Waals surface area contributed by atoms with Gasteiger partial charge in [0.05, 0.1) is 21.1 Å². The lowest BCUT2D eigenvalue weighted by Crippen LogP contribution is -1.94. The van der Waals surface area contributed by atoms with Crippen molar-refractivity contribution in [3.63, 3.8) is 0 Å². The van der Waals surface area contributed by atoms with Crippen molar-refractivity contribution in [3.05, 3.63) is 54.8 Å². The first-order valence-corrected chi connectivity index (χ1v) is 9.17. The van der Waals surface area contributed by atoms with Gasteiger partial charge in [-0.15, -0.1) is 22.7 Å². The molecule has 0 saturated heterocycles. The van der Waals surface area contributed by atoms with Crippen molar-refractivity contribution in [2.75, 3.05) is 5.32 Å².